The number of carbonyl (C=O) groups is 1. The van der Waals surface area contributed by atoms with E-state index in [0.717, 1.165) is 38.8 Å². The van der Waals surface area contributed by atoms with E-state index in [1.165, 1.54) is 10.7 Å². The van der Waals surface area contributed by atoms with Crippen LogP contribution in [0, 0.1) is 0 Å². The summed E-state index contributed by atoms with van der Waals surface area (Å²) in [4.78, 5) is 14.7. The maximum Gasteiger partial charge on any atom is 0.251 e. The number of rotatable bonds is 4. The molecule has 1 N–H and O–H groups in total. The lowest BCUT2D eigenvalue weighted by atomic mass is 9.95. The maximum absolute atomic E-state index is 12.7. The molecule has 6 nitrogen and oxygen atoms in total. The summed E-state index contributed by atoms with van der Waals surface area (Å²) in [6.07, 6.45) is 5.62. The van der Waals surface area contributed by atoms with Crippen molar-refractivity contribution in [2.45, 2.75) is 43.0 Å². The smallest absolute Gasteiger partial charge is 0.251 e. The van der Waals surface area contributed by atoms with E-state index in [9.17, 15) is 13.2 Å². The lowest BCUT2D eigenvalue weighted by molar-refractivity contribution is 0.0927. The first-order valence-electron chi connectivity index (χ1n) is 9.06. The first kappa shape index (κ1) is 18.4. The van der Waals surface area contributed by atoms with Crippen molar-refractivity contribution < 1.29 is 13.2 Å². The summed E-state index contributed by atoms with van der Waals surface area (Å²) in [5.41, 5.74) is 0.517. The molecule has 2 aliphatic rings. The number of nitrogens with one attached hydrogen (secondary N) is 1. The van der Waals surface area contributed by atoms with Crippen molar-refractivity contribution in [2.24, 2.45) is 0 Å². The Kier molecular flexibility index (Phi) is 5.76. The summed E-state index contributed by atoms with van der Waals surface area (Å²) in [5, 5.41) is 3.06. The summed E-state index contributed by atoms with van der Waals surface area (Å²) in [7, 11) is -1.49. The molecule has 0 unspecified atom stereocenters. The van der Waals surface area contributed by atoms with Crippen LogP contribution in [0.15, 0.2) is 29.2 Å². The Morgan fingerprint density at radius 1 is 1.00 bits per heavy atom. The van der Waals surface area contributed by atoms with Crippen LogP contribution in [0.5, 0.6) is 0 Å². The molecule has 1 aromatic carbocycles. The number of hydrogen-bond donors (Lipinski definition) is 1. The molecule has 0 bridgehead atoms. The van der Waals surface area contributed by atoms with Crippen molar-refractivity contribution >= 4 is 15.9 Å². The summed E-state index contributed by atoms with van der Waals surface area (Å²) in [5.74, 6) is -0.115. The van der Waals surface area contributed by atoms with E-state index < -0.39 is 10.0 Å². The van der Waals surface area contributed by atoms with Crippen molar-refractivity contribution in [3.63, 3.8) is 0 Å². The minimum atomic E-state index is -3.48. The summed E-state index contributed by atoms with van der Waals surface area (Å²) >= 11 is 0. The molecule has 1 aliphatic carbocycles. The number of piperazine rings is 1. The highest BCUT2D eigenvalue weighted by atomic mass is 32.2. The van der Waals surface area contributed by atoms with E-state index in [0.29, 0.717) is 18.7 Å². The second-order valence-corrected chi connectivity index (χ2v) is 8.98. The normalized spacial score (nSPS) is 21.2. The molecule has 0 atom stereocenters. The molecule has 2 fully saturated rings. The van der Waals surface area contributed by atoms with Gasteiger partial charge in [0.25, 0.3) is 5.91 Å². The molecule has 1 aromatic rings. The number of sulfonamides is 1. The van der Waals surface area contributed by atoms with Crippen molar-refractivity contribution in [1.29, 1.82) is 0 Å². The van der Waals surface area contributed by atoms with E-state index >= 15 is 0 Å². The van der Waals surface area contributed by atoms with Crippen LogP contribution in [-0.2, 0) is 10.0 Å². The fourth-order valence-electron chi connectivity index (χ4n) is 3.47. The standard InChI is InChI=1S/C18H27N3O3S/c1-20-11-13-21(14-12-20)25(23,24)17-9-7-15(8-10-17)18(22)19-16-5-3-2-4-6-16/h7-10,16H,2-6,11-14H2,1H3,(H,19,22). The van der Waals surface area contributed by atoms with Crippen LogP contribution in [0.3, 0.4) is 0 Å². The average molecular weight is 365 g/mol. The Bertz CT molecular complexity index is 689. The third-order valence-corrected chi connectivity index (χ3v) is 7.07. The van der Waals surface area contributed by atoms with Gasteiger partial charge >= 0.3 is 0 Å². The maximum atomic E-state index is 12.7. The Labute approximate surface area is 150 Å². The Balaban J connectivity index is 1.65. The summed E-state index contributed by atoms with van der Waals surface area (Å²) in [6.45, 7) is 2.48. The lowest BCUT2D eigenvalue weighted by Crippen LogP contribution is -2.47. The van der Waals surface area contributed by atoms with Crippen LogP contribution in [0.1, 0.15) is 42.5 Å². The highest BCUT2D eigenvalue weighted by molar-refractivity contribution is 7.89. The van der Waals surface area contributed by atoms with Crippen molar-refractivity contribution in [3.05, 3.63) is 29.8 Å². The van der Waals surface area contributed by atoms with Crippen LogP contribution in [-0.4, -0.2) is 62.8 Å². The molecule has 138 valence electrons. The monoisotopic (exact) mass is 365 g/mol. The molecule has 3 rings (SSSR count). The second kappa shape index (κ2) is 7.85. The summed E-state index contributed by atoms with van der Waals surface area (Å²) in [6, 6.07) is 6.56. The highest BCUT2D eigenvalue weighted by Gasteiger charge is 2.27. The molecule has 1 heterocycles. The molecule has 1 saturated carbocycles. The Morgan fingerprint density at radius 3 is 2.20 bits per heavy atom. The molecule has 7 heteroatoms. The van der Waals surface area contributed by atoms with E-state index in [1.54, 1.807) is 24.3 Å². The molecule has 1 saturated heterocycles. The molecule has 0 aromatic heterocycles. The molecule has 0 spiro atoms. The minimum Gasteiger partial charge on any atom is -0.349 e. The van der Waals surface area contributed by atoms with E-state index in [1.807, 2.05) is 7.05 Å². The van der Waals surface area contributed by atoms with Gasteiger partial charge in [-0.1, -0.05) is 19.3 Å². The zero-order valence-corrected chi connectivity index (χ0v) is 15.6. The first-order valence-corrected chi connectivity index (χ1v) is 10.5. The van der Waals surface area contributed by atoms with Gasteiger partial charge in [-0.3, -0.25) is 4.79 Å². The predicted molar refractivity (Wildman–Crippen MR) is 97.0 cm³/mol. The largest absolute Gasteiger partial charge is 0.349 e. The number of amides is 1. The quantitative estimate of drug-likeness (QED) is 0.881. The number of benzene rings is 1. The average Bonchev–Trinajstić information content (AvgIpc) is 2.63. The lowest BCUT2D eigenvalue weighted by Gasteiger charge is -2.31. The fourth-order valence-corrected chi connectivity index (χ4v) is 4.89. The molecule has 1 amide bonds. The Morgan fingerprint density at radius 2 is 1.60 bits per heavy atom. The van der Waals surface area contributed by atoms with E-state index in [2.05, 4.69) is 10.2 Å². The van der Waals surface area contributed by atoms with Gasteiger partial charge < -0.3 is 10.2 Å². The number of nitrogens with zero attached hydrogens (tertiary/aromatic N) is 2. The summed E-state index contributed by atoms with van der Waals surface area (Å²) < 4.78 is 26.9. The van der Waals surface area contributed by atoms with Crippen molar-refractivity contribution in [1.82, 2.24) is 14.5 Å². The second-order valence-electron chi connectivity index (χ2n) is 7.04. The minimum absolute atomic E-state index is 0.115. The number of carbonyl (C=O) groups excluding carboxylic acids is 1. The zero-order chi connectivity index (χ0) is 17.9. The Hall–Kier alpha value is -1.44. The number of likely N-dealkylation sites (N-methyl/N-ethyl adjacent to an activating group) is 1. The van der Waals surface area contributed by atoms with Crippen LogP contribution >= 0.6 is 0 Å². The van der Waals surface area contributed by atoms with Gasteiger partial charge in [0.2, 0.25) is 10.0 Å². The van der Waals surface area contributed by atoms with Gasteiger partial charge in [0.05, 0.1) is 4.90 Å². The van der Waals surface area contributed by atoms with Crippen LogP contribution in [0.25, 0.3) is 0 Å². The van der Waals surface area contributed by atoms with Gasteiger partial charge in [0.1, 0.15) is 0 Å². The molecule has 0 radical (unpaired) electrons. The molecule has 25 heavy (non-hydrogen) atoms. The first-order chi connectivity index (χ1) is 12.0. The third kappa shape index (κ3) is 4.40. The van der Waals surface area contributed by atoms with E-state index in [-0.39, 0.29) is 16.8 Å². The van der Waals surface area contributed by atoms with Crippen LogP contribution < -0.4 is 5.32 Å². The third-order valence-electron chi connectivity index (χ3n) is 5.16. The van der Waals surface area contributed by atoms with Gasteiger partial charge in [-0.05, 0) is 44.2 Å². The number of hydrogen-bond acceptors (Lipinski definition) is 4. The van der Waals surface area contributed by atoms with Gasteiger partial charge in [0, 0.05) is 37.8 Å². The van der Waals surface area contributed by atoms with E-state index in [4.69, 9.17) is 0 Å². The van der Waals surface area contributed by atoms with Gasteiger partial charge in [0.15, 0.2) is 0 Å². The highest BCUT2D eigenvalue weighted by Crippen LogP contribution is 2.20. The van der Waals surface area contributed by atoms with Crippen molar-refractivity contribution in [2.75, 3.05) is 33.2 Å². The zero-order valence-electron chi connectivity index (χ0n) is 14.8. The molecular formula is C18H27N3O3S. The SMILES string of the molecule is CN1CCN(S(=O)(=O)c2ccc(C(=O)NC3CCCCC3)cc2)CC1. The molecular weight excluding hydrogens is 338 g/mol. The fraction of sp³-hybridized carbons (Fsp3) is 0.611. The van der Waals surface area contributed by atoms with Crippen LogP contribution in [0.2, 0.25) is 0 Å². The van der Waals surface area contributed by atoms with Crippen LogP contribution in [0.4, 0.5) is 0 Å². The van der Waals surface area contributed by atoms with Gasteiger partial charge in [-0.25, -0.2) is 8.42 Å². The van der Waals surface area contributed by atoms with Crippen molar-refractivity contribution in [3.8, 4) is 0 Å². The molecule has 1 aliphatic heterocycles. The van der Waals surface area contributed by atoms with Gasteiger partial charge in [-0.15, -0.1) is 0 Å². The predicted octanol–water partition coefficient (Wildman–Crippen LogP) is 1.69. The van der Waals surface area contributed by atoms with Gasteiger partial charge in [-0.2, -0.15) is 4.31 Å². The topological polar surface area (TPSA) is 69.7 Å².